The van der Waals surface area contributed by atoms with Gasteiger partial charge >= 0.3 is 0 Å². The van der Waals surface area contributed by atoms with E-state index in [0.717, 1.165) is 32.1 Å². The van der Waals surface area contributed by atoms with E-state index >= 15 is 0 Å². The first-order valence-corrected chi connectivity index (χ1v) is 11.8. The van der Waals surface area contributed by atoms with Gasteiger partial charge in [-0.3, -0.25) is 19.7 Å². The van der Waals surface area contributed by atoms with E-state index in [9.17, 15) is 19.7 Å². The van der Waals surface area contributed by atoms with Crippen LogP contribution in [-0.2, 0) is 4.79 Å². The Kier molecular flexibility index (Phi) is 7.79. The van der Waals surface area contributed by atoms with Crippen molar-refractivity contribution in [2.75, 3.05) is 7.11 Å². The second-order valence-electron chi connectivity index (χ2n) is 8.56. The summed E-state index contributed by atoms with van der Waals surface area (Å²) in [4.78, 5) is 36.7. The highest BCUT2D eigenvalue weighted by molar-refractivity contribution is 6.05. The van der Waals surface area contributed by atoms with Crippen LogP contribution in [0.3, 0.4) is 0 Å². The number of amides is 2. The molecule has 9 heteroatoms. The zero-order valence-electron chi connectivity index (χ0n) is 19.9. The van der Waals surface area contributed by atoms with Crippen LogP contribution < -0.4 is 15.4 Å². The van der Waals surface area contributed by atoms with Gasteiger partial charge in [-0.15, -0.1) is 0 Å². The van der Waals surface area contributed by atoms with Crippen LogP contribution in [0, 0.1) is 10.1 Å². The summed E-state index contributed by atoms with van der Waals surface area (Å²) < 4.78 is 11.0. The Hall–Kier alpha value is -4.40. The molecule has 1 fully saturated rings. The molecule has 3 aromatic rings. The Morgan fingerprint density at radius 3 is 2.50 bits per heavy atom. The van der Waals surface area contributed by atoms with E-state index < -0.39 is 16.7 Å². The Balaban J connectivity index is 1.59. The second-order valence-corrected chi connectivity index (χ2v) is 8.56. The van der Waals surface area contributed by atoms with Crippen molar-refractivity contribution in [2.24, 2.45) is 0 Å². The first-order chi connectivity index (χ1) is 17.4. The summed E-state index contributed by atoms with van der Waals surface area (Å²) >= 11 is 0. The maximum atomic E-state index is 13.1. The summed E-state index contributed by atoms with van der Waals surface area (Å²) in [5, 5.41) is 16.8. The molecule has 1 aliphatic rings. The van der Waals surface area contributed by atoms with Gasteiger partial charge < -0.3 is 19.8 Å². The first-order valence-electron chi connectivity index (χ1n) is 11.8. The number of nitro groups is 1. The summed E-state index contributed by atoms with van der Waals surface area (Å²) in [5.74, 6) is 0.477. The third kappa shape index (κ3) is 6.18. The molecule has 4 rings (SSSR count). The van der Waals surface area contributed by atoms with Crippen LogP contribution in [0.4, 0.5) is 5.69 Å². The van der Waals surface area contributed by atoms with E-state index in [2.05, 4.69) is 10.6 Å². The third-order valence-corrected chi connectivity index (χ3v) is 6.04. The normalized spacial score (nSPS) is 14.2. The molecule has 2 aromatic carbocycles. The molecule has 0 aliphatic heterocycles. The predicted octanol–water partition coefficient (Wildman–Crippen LogP) is 5.08. The van der Waals surface area contributed by atoms with Crippen molar-refractivity contribution < 1.29 is 23.7 Å². The van der Waals surface area contributed by atoms with E-state index in [1.807, 2.05) is 0 Å². The molecule has 1 heterocycles. The van der Waals surface area contributed by atoms with Crippen LogP contribution in [0.1, 0.15) is 48.2 Å². The number of rotatable bonds is 8. The van der Waals surface area contributed by atoms with Gasteiger partial charge in [0.25, 0.3) is 17.5 Å². The van der Waals surface area contributed by atoms with Crippen molar-refractivity contribution in [3.8, 4) is 17.1 Å². The molecule has 1 saturated carbocycles. The minimum atomic E-state index is -0.477. The SMILES string of the molecule is COc1ccc(C(=O)NC(=Cc2ccc(-c3cccc([N+](=O)[O-])c3)o2)C(=O)NC2CCCCC2)cc1. The van der Waals surface area contributed by atoms with Gasteiger partial charge in [0.15, 0.2) is 0 Å². The number of carbonyl (C=O) groups is 2. The number of hydrogen-bond acceptors (Lipinski definition) is 6. The molecule has 0 unspecified atom stereocenters. The van der Waals surface area contributed by atoms with Crippen molar-refractivity contribution in [1.29, 1.82) is 0 Å². The molecule has 1 aliphatic carbocycles. The first kappa shape index (κ1) is 24.7. The second kappa shape index (κ2) is 11.4. The predicted molar refractivity (Wildman–Crippen MR) is 134 cm³/mol. The van der Waals surface area contributed by atoms with Gasteiger partial charge in [-0.1, -0.05) is 31.4 Å². The fraction of sp³-hybridized carbons (Fsp3) is 0.259. The topological polar surface area (TPSA) is 124 Å². The minimum Gasteiger partial charge on any atom is -0.497 e. The highest BCUT2D eigenvalue weighted by atomic mass is 16.6. The summed E-state index contributed by atoms with van der Waals surface area (Å²) in [6.07, 6.45) is 6.49. The van der Waals surface area contributed by atoms with E-state index in [4.69, 9.17) is 9.15 Å². The molecule has 186 valence electrons. The molecule has 2 N–H and O–H groups in total. The quantitative estimate of drug-likeness (QED) is 0.258. The lowest BCUT2D eigenvalue weighted by Gasteiger charge is -2.23. The summed E-state index contributed by atoms with van der Waals surface area (Å²) in [6, 6.07) is 16.0. The lowest BCUT2D eigenvalue weighted by Crippen LogP contribution is -2.41. The molecule has 0 bridgehead atoms. The lowest BCUT2D eigenvalue weighted by molar-refractivity contribution is -0.384. The zero-order chi connectivity index (χ0) is 25.5. The van der Waals surface area contributed by atoms with E-state index in [-0.39, 0.29) is 17.4 Å². The van der Waals surface area contributed by atoms with E-state index in [1.165, 1.54) is 25.3 Å². The summed E-state index contributed by atoms with van der Waals surface area (Å²) in [5.41, 5.74) is 0.879. The van der Waals surface area contributed by atoms with Crippen LogP contribution in [0.25, 0.3) is 17.4 Å². The maximum absolute atomic E-state index is 13.1. The highest BCUT2D eigenvalue weighted by Crippen LogP contribution is 2.27. The van der Waals surface area contributed by atoms with Crippen molar-refractivity contribution in [2.45, 2.75) is 38.1 Å². The van der Waals surface area contributed by atoms with Gasteiger partial charge in [-0.2, -0.15) is 0 Å². The van der Waals surface area contributed by atoms with Crippen LogP contribution in [-0.4, -0.2) is 29.9 Å². The fourth-order valence-electron chi connectivity index (χ4n) is 4.11. The number of nitrogens with zero attached hydrogens (tertiary/aromatic N) is 1. The number of furan rings is 1. The molecule has 0 atom stereocenters. The number of non-ortho nitro benzene ring substituents is 1. The minimum absolute atomic E-state index is 0.0429. The molecule has 0 saturated heterocycles. The number of carbonyl (C=O) groups excluding carboxylic acids is 2. The average molecular weight is 490 g/mol. The van der Waals surface area contributed by atoms with Gasteiger partial charge in [0.2, 0.25) is 0 Å². The zero-order valence-corrected chi connectivity index (χ0v) is 19.9. The van der Waals surface area contributed by atoms with Crippen molar-refractivity contribution in [3.05, 3.63) is 87.8 Å². The number of nitrogens with one attached hydrogen (secondary N) is 2. The van der Waals surface area contributed by atoms with Crippen molar-refractivity contribution >= 4 is 23.6 Å². The van der Waals surface area contributed by atoms with Crippen LogP contribution in [0.5, 0.6) is 5.75 Å². The Labute approximate surface area is 208 Å². The molecular formula is C27H27N3O6. The van der Waals surface area contributed by atoms with Gasteiger partial charge in [-0.25, -0.2) is 0 Å². The number of methoxy groups -OCH3 is 1. The third-order valence-electron chi connectivity index (χ3n) is 6.04. The number of hydrogen-bond donors (Lipinski definition) is 2. The van der Waals surface area contributed by atoms with E-state index in [1.54, 1.807) is 48.5 Å². The smallest absolute Gasteiger partial charge is 0.270 e. The molecule has 1 aromatic heterocycles. The molecule has 0 spiro atoms. The standard InChI is InChI=1S/C27H27N3O6/c1-35-22-12-10-18(11-13-22)26(31)29-24(27(32)28-20-7-3-2-4-8-20)17-23-14-15-25(36-23)19-6-5-9-21(16-19)30(33)34/h5-6,9-17,20H,2-4,7-8H2,1H3,(H,28,32)(H,29,31). The van der Waals surface area contributed by atoms with Gasteiger partial charge in [0, 0.05) is 35.4 Å². The van der Waals surface area contributed by atoms with Crippen molar-refractivity contribution in [3.63, 3.8) is 0 Å². The van der Waals surface area contributed by atoms with Gasteiger partial charge in [-0.05, 0) is 49.2 Å². The Morgan fingerprint density at radius 1 is 1.06 bits per heavy atom. The fourth-order valence-corrected chi connectivity index (χ4v) is 4.11. The average Bonchev–Trinajstić information content (AvgIpc) is 3.37. The monoisotopic (exact) mass is 489 g/mol. The van der Waals surface area contributed by atoms with Crippen LogP contribution in [0.15, 0.2) is 70.8 Å². The molecular weight excluding hydrogens is 462 g/mol. The largest absolute Gasteiger partial charge is 0.497 e. The van der Waals surface area contributed by atoms with Gasteiger partial charge in [0.05, 0.1) is 12.0 Å². The maximum Gasteiger partial charge on any atom is 0.270 e. The number of benzene rings is 2. The molecule has 2 amide bonds. The molecule has 0 radical (unpaired) electrons. The van der Waals surface area contributed by atoms with E-state index in [0.29, 0.717) is 28.4 Å². The van der Waals surface area contributed by atoms with Gasteiger partial charge in [0.1, 0.15) is 23.0 Å². The van der Waals surface area contributed by atoms with Crippen molar-refractivity contribution in [1.82, 2.24) is 10.6 Å². The number of ether oxygens (including phenoxy) is 1. The van der Waals surface area contributed by atoms with Crippen LogP contribution in [0.2, 0.25) is 0 Å². The highest BCUT2D eigenvalue weighted by Gasteiger charge is 2.21. The molecule has 9 nitrogen and oxygen atoms in total. The van der Waals surface area contributed by atoms with Crippen LogP contribution >= 0.6 is 0 Å². The Morgan fingerprint density at radius 2 is 1.81 bits per heavy atom. The number of nitro benzene ring substituents is 1. The summed E-state index contributed by atoms with van der Waals surface area (Å²) in [7, 11) is 1.54. The Bertz CT molecular complexity index is 1270. The molecule has 36 heavy (non-hydrogen) atoms. The lowest BCUT2D eigenvalue weighted by atomic mass is 9.95. The summed E-state index contributed by atoms with van der Waals surface area (Å²) in [6.45, 7) is 0.